The largest absolute Gasteiger partial charge is 0.460 e. The highest BCUT2D eigenvalue weighted by atomic mass is 16.5. The zero-order valence-corrected chi connectivity index (χ0v) is 14.1. The molecule has 1 aliphatic heterocycles. The molecule has 1 aliphatic rings. The molecule has 0 radical (unpaired) electrons. The summed E-state index contributed by atoms with van der Waals surface area (Å²) in [7, 11) is 0. The smallest absolute Gasteiger partial charge is 0.224 e. The number of hydrogen-bond donors (Lipinski definition) is 1. The second-order valence-electron chi connectivity index (χ2n) is 6.05. The molecule has 1 amide bonds. The van der Waals surface area contributed by atoms with Gasteiger partial charge in [0.25, 0.3) is 0 Å². The minimum atomic E-state index is 0.186. The van der Waals surface area contributed by atoms with Gasteiger partial charge in [-0.25, -0.2) is 0 Å². The fourth-order valence-corrected chi connectivity index (χ4v) is 2.72. The Morgan fingerprint density at radius 2 is 1.88 bits per heavy atom. The van der Waals surface area contributed by atoms with Crippen LogP contribution >= 0.6 is 0 Å². The Bertz CT molecular complexity index is 658. The molecule has 1 N–H and O–H groups in total. The number of carbonyl (C=O) groups is 1. The normalized spacial score (nSPS) is 14.8. The number of nitrogens with one attached hydrogen (secondary N) is 1. The van der Waals surface area contributed by atoms with Crippen LogP contribution in [0.25, 0.3) is 11.3 Å². The van der Waals surface area contributed by atoms with Crippen LogP contribution in [0.1, 0.15) is 17.7 Å². The number of benzene rings is 1. The van der Waals surface area contributed by atoms with E-state index in [1.54, 1.807) is 0 Å². The minimum absolute atomic E-state index is 0.186. The van der Waals surface area contributed by atoms with Crippen LogP contribution < -0.4 is 5.32 Å². The molecular weight excluding hydrogens is 304 g/mol. The number of nitrogens with zero attached hydrogens (tertiary/aromatic N) is 1. The lowest BCUT2D eigenvalue weighted by Gasteiger charge is -2.26. The van der Waals surface area contributed by atoms with Gasteiger partial charge in [0.05, 0.1) is 19.8 Å². The van der Waals surface area contributed by atoms with Crippen LogP contribution in [0, 0.1) is 6.92 Å². The quantitative estimate of drug-likeness (QED) is 0.828. The Morgan fingerprint density at radius 3 is 2.62 bits per heavy atom. The summed E-state index contributed by atoms with van der Waals surface area (Å²) in [4.78, 5) is 13.9. The lowest BCUT2D eigenvalue weighted by atomic mass is 10.1. The van der Waals surface area contributed by atoms with Gasteiger partial charge in [-0.2, -0.15) is 0 Å². The first-order chi connectivity index (χ1) is 11.7. The van der Waals surface area contributed by atoms with E-state index in [0.717, 1.165) is 17.1 Å². The second kappa shape index (κ2) is 8.13. The third-order valence-electron chi connectivity index (χ3n) is 4.18. The van der Waals surface area contributed by atoms with Crippen LogP contribution in [0.3, 0.4) is 0 Å². The predicted octanol–water partition coefficient (Wildman–Crippen LogP) is 2.59. The lowest BCUT2D eigenvalue weighted by molar-refractivity contribution is -0.135. The van der Waals surface area contributed by atoms with Crippen molar-refractivity contribution in [3.05, 3.63) is 47.7 Å². The average Bonchev–Trinajstić information content (AvgIpc) is 3.09. The van der Waals surface area contributed by atoms with Gasteiger partial charge < -0.3 is 19.4 Å². The van der Waals surface area contributed by atoms with Crippen molar-refractivity contribution in [1.82, 2.24) is 10.2 Å². The third-order valence-corrected chi connectivity index (χ3v) is 4.18. The van der Waals surface area contributed by atoms with Crippen molar-refractivity contribution in [3.63, 3.8) is 0 Å². The molecule has 0 aliphatic carbocycles. The van der Waals surface area contributed by atoms with E-state index >= 15 is 0 Å². The standard InChI is InChI=1S/C19H24N2O3/c1-15-2-4-16(5-3-15)18-7-6-17(24-18)14-20-9-8-19(22)21-10-12-23-13-11-21/h2-7,20H,8-14H2,1H3. The van der Waals surface area contributed by atoms with E-state index in [4.69, 9.17) is 9.15 Å². The molecule has 5 nitrogen and oxygen atoms in total. The number of rotatable bonds is 6. The Labute approximate surface area is 142 Å². The van der Waals surface area contributed by atoms with Crippen LogP contribution in [0.4, 0.5) is 0 Å². The van der Waals surface area contributed by atoms with Crippen LogP contribution in [-0.2, 0) is 16.1 Å². The molecule has 0 spiro atoms. The number of amides is 1. The highest BCUT2D eigenvalue weighted by Gasteiger charge is 2.16. The number of aryl methyl sites for hydroxylation is 1. The first kappa shape index (κ1) is 16.7. The van der Waals surface area contributed by atoms with Gasteiger partial charge in [-0.1, -0.05) is 29.8 Å². The zero-order valence-electron chi connectivity index (χ0n) is 14.1. The first-order valence-electron chi connectivity index (χ1n) is 8.44. The van der Waals surface area contributed by atoms with Crippen molar-refractivity contribution in [2.45, 2.75) is 19.9 Å². The first-order valence-corrected chi connectivity index (χ1v) is 8.44. The predicted molar refractivity (Wildman–Crippen MR) is 92.6 cm³/mol. The SMILES string of the molecule is Cc1ccc(-c2ccc(CNCCC(=O)N3CCOCC3)o2)cc1. The Balaban J connectivity index is 1.42. The summed E-state index contributed by atoms with van der Waals surface area (Å²) in [5, 5.41) is 3.27. The van der Waals surface area contributed by atoms with Crippen LogP contribution in [0.5, 0.6) is 0 Å². The fraction of sp³-hybridized carbons (Fsp3) is 0.421. The van der Waals surface area contributed by atoms with E-state index in [-0.39, 0.29) is 5.91 Å². The summed E-state index contributed by atoms with van der Waals surface area (Å²) in [5.74, 6) is 1.94. The number of morpholine rings is 1. The van der Waals surface area contributed by atoms with Crippen molar-refractivity contribution in [1.29, 1.82) is 0 Å². The molecular formula is C19H24N2O3. The number of hydrogen-bond acceptors (Lipinski definition) is 4. The van der Waals surface area contributed by atoms with Gasteiger partial charge in [0.1, 0.15) is 11.5 Å². The maximum absolute atomic E-state index is 12.0. The maximum atomic E-state index is 12.0. The minimum Gasteiger partial charge on any atom is -0.460 e. The molecule has 128 valence electrons. The van der Waals surface area contributed by atoms with Gasteiger partial charge in [-0.05, 0) is 19.1 Å². The molecule has 2 aromatic rings. The topological polar surface area (TPSA) is 54.7 Å². The van der Waals surface area contributed by atoms with Crippen molar-refractivity contribution in [3.8, 4) is 11.3 Å². The molecule has 0 bridgehead atoms. The molecule has 5 heteroatoms. The Morgan fingerprint density at radius 1 is 1.12 bits per heavy atom. The number of carbonyl (C=O) groups excluding carboxylic acids is 1. The van der Waals surface area contributed by atoms with E-state index in [0.29, 0.717) is 45.8 Å². The average molecular weight is 328 g/mol. The van der Waals surface area contributed by atoms with Gasteiger partial charge in [-0.15, -0.1) is 0 Å². The lowest BCUT2D eigenvalue weighted by Crippen LogP contribution is -2.41. The zero-order chi connectivity index (χ0) is 16.8. The molecule has 1 saturated heterocycles. The molecule has 0 saturated carbocycles. The second-order valence-corrected chi connectivity index (χ2v) is 6.05. The van der Waals surface area contributed by atoms with Crippen molar-refractivity contribution in [2.24, 2.45) is 0 Å². The van der Waals surface area contributed by atoms with Crippen molar-refractivity contribution < 1.29 is 13.9 Å². The van der Waals surface area contributed by atoms with E-state index < -0.39 is 0 Å². The summed E-state index contributed by atoms with van der Waals surface area (Å²) in [6.07, 6.45) is 0.505. The van der Waals surface area contributed by atoms with Gasteiger partial charge in [0.15, 0.2) is 0 Å². The molecule has 1 aromatic heterocycles. The van der Waals surface area contributed by atoms with Gasteiger partial charge in [0.2, 0.25) is 5.91 Å². The summed E-state index contributed by atoms with van der Waals surface area (Å²) >= 11 is 0. The van der Waals surface area contributed by atoms with E-state index in [1.165, 1.54) is 5.56 Å². The van der Waals surface area contributed by atoms with E-state index in [1.807, 2.05) is 17.0 Å². The van der Waals surface area contributed by atoms with Gasteiger partial charge in [-0.3, -0.25) is 4.79 Å². The van der Waals surface area contributed by atoms with Crippen LogP contribution in [0.15, 0.2) is 40.8 Å². The maximum Gasteiger partial charge on any atom is 0.224 e. The van der Waals surface area contributed by atoms with E-state index in [2.05, 4.69) is 36.5 Å². The van der Waals surface area contributed by atoms with Crippen molar-refractivity contribution in [2.75, 3.05) is 32.8 Å². The number of furan rings is 1. The molecule has 2 heterocycles. The third kappa shape index (κ3) is 4.46. The number of ether oxygens (including phenoxy) is 1. The van der Waals surface area contributed by atoms with Crippen molar-refractivity contribution >= 4 is 5.91 Å². The van der Waals surface area contributed by atoms with Crippen LogP contribution in [-0.4, -0.2) is 43.7 Å². The molecule has 1 aromatic carbocycles. The fourth-order valence-electron chi connectivity index (χ4n) is 2.72. The van der Waals surface area contributed by atoms with E-state index in [9.17, 15) is 4.79 Å². The highest BCUT2D eigenvalue weighted by Crippen LogP contribution is 2.22. The summed E-state index contributed by atoms with van der Waals surface area (Å²) < 4.78 is 11.1. The summed E-state index contributed by atoms with van der Waals surface area (Å²) in [5.41, 5.74) is 2.31. The summed E-state index contributed by atoms with van der Waals surface area (Å²) in [6, 6.07) is 12.2. The molecule has 3 rings (SSSR count). The molecule has 24 heavy (non-hydrogen) atoms. The molecule has 0 unspecified atom stereocenters. The summed E-state index contributed by atoms with van der Waals surface area (Å²) in [6.45, 7) is 6.05. The molecule has 0 atom stereocenters. The van der Waals surface area contributed by atoms with Crippen LogP contribution in [0.2, 0.25) is 0 Å². The Kier molecular flexibility index (Phi) is 5.67. The van der Waals surface area contributed by atoms with Gasteiger partial charge in [0, 0.05) is 31.6 Å². The monoisotopic (exact) mass is 328 g/mol. The van der Waals surface area contributed by atoms with Gasteiger partial charge >= 0.3 is 0 Å². The highest BCUT2D eigenvalue weighted by molar-refractivity contribution is 5.76. The molecule has 1 fully saturated rings. The Hall–Kier alpha value is -2.11.